The van der Waals surface area contributed by atoms with Crippen LogP contribution in [-0.4, -0.2) is 9.55 Å². The van der Waals surface area contributed by atoms with E-state index in [1.807, 2.05) is 6.20 Å². The van der Waals surface area contributed by atoms with E-state index in [0.717, 1.165) is 5.65 Å². The third kappa shape index (κ3) is 1.98. The Morgan fingerprint density at radius 3 is 2.11 bits per heavy atom. The molecule has 0 aliphatic carbocycles. The molecular formula is C25H16N2. The van der Waals surface area contributed by atoms with Gasteiger partial charge in [0, 0.05) is 27.7 Å². The van der Waals surface area contributed by atoms with Crippen LogP contribution in [0.3, 0.4) is 0 Å². The van der Waals surface area contributed by atoms with Crippen molar-refractivity contribution in [3.05, 3.63) is 97.2 Å². The molecule has 6 rings (SSSR count). The average Bonchev–Trinajstić information content (AvgIpc) is 3.08. The molecule has 0 aliphatic rings. The molecule has 0 saturated heterocycles. The molecular weight excluding hydrogens is 328 g/mol. The second kappa shape index (κ2) is 5.42. The molecule has 0 radical (unpaired) electrons. The third-order valence-electron chi connectivity index (χ3n) is 5.41. The van der Waals surface area contributed by atoms with Crippen molar-refractivity contribution in [3.63, 3.8) is 0 Å². The number of hydrogen-bond donors (Lipinski definition) is 0. The van der Waals surface area contributed by atoms with Crippen LogP contribution in [0, 0.1) is 0 Å². The van der Waals surface area contributed by atoms with Gasteiger partial charge in [-0.15, -0.1) is 0 Å². The van der Waals surface area contributed by atoms with Gasteiger partial charge in [0.15, 0.2) is 0 Å². The Bertz CT molecular complexity index is 1470. The van der Waals surface area contributed by atoms with E-state index < -0.39 is 0 Å². The van der Waals surface area contributed by atoms with Crippen molar-refractivity contribution in [3.8, 4) is 5.69 Å². The average molecular weight is 344 g/mol. The topological polar surface area (TPSA) is 17.8 Å². The van der Waals surface area contributed by atoms with Crippen LogP contribution in [0.1, 0.15) is 0 Å². The van der Waals surface area contributed by atoms with Gasteiger partial charge in [0.05, 0.1) is 11.2 Å². The number of rotatable bonds is 1. The number of aromatic nitrogens is 2. The summed E-state index contributed by atoms with van der Waals surface area (Å²) in [5.74, 6) is 0. The maximum absolute atomic E-state index is 4.89. The molecule has 0 spiro atoms. The Kier molecular flexibility index (Phi) is 2.91. The highest BCUT2D eigenvalue weighted by molar-refractivity contribution is 6.20. The second-order valence-electron chi connectivity index (χ2n) is 6.89. The van der Waals surface area contributed by atoms with Gasteiger partial charge in [-0.2, -0.15) is 0 Å². The highest BCUT2D eigenvalue weighted by Crippen LogP contribution is 2.36. The lowest BCUT2D eigenvalue weighted by Gasteiger charge is -2.11. The van der Waals surface area contributed by atoms with E-state index in [1.54, 1.807) is 0 Å². The zero-order valence-corrected chi connectivity index (χ0v) is 14.6. The van der Waals surface area contributed by atoms with Gasteiger partial charge in [-0.3, -0.25) is 4.57 Å². The zero-order chi connectivity index (χ0) is 17.8. The SMILES string of the molecule is c1ccc2c(-n3c4ccccc4c4c5ccccc5cnc43)cccc2c1. The smallest absolute Gasteiger partial charge is 0.146 e. The summed E-state index contributed by atoms with van der Waals surface area (Å²) in [6.45, 7) is 0. The fourth-order valence-corrected chi connectivity index (χ4v) is 4.23. The molecule has 2 heterocycles. The molecule has 27 heavy (non-hydrogen) atoms. The van der Waals surface area contributed by atoms with Gasteiger partial charge in [0.25, 0.3) is 0 Å². The molecule has 0 aliphatic heterocycles. The number of fused-ring (bicyclic) bond motifs is 6. The highest BCUT2D eigenvalue weighted by atomic mass is 15.0. The molecule has 2 aromatic heterocycles. The number of para-hydroxylation sites is 1. The number of benzene rings is 4. The van der Waals surface area contributed by atoms with Crippen LogP contribution in [0.5, 0.6) is 0 Å². The normalized spacial score (nSPS) is 11.7. The maximum atomic E-state index is 4.89. The minimum Gasteiger partial charge on any atom is -0.293 e. The van der Waals surface area contributed by atoms with E-state index in [9.17, 15) is 0 Å². The van der Waals surface area contributed by atoms with Gasteiger partial charge in [-0.25, -0.2) is 4.98 Å². The van der Waals surface area contributed by atoms with Gasteiger partial charge in [0.1, 0.15) is 5.65 Å². The summed E-state index contributed by atoms with van der Waals surface area (Å²) >= 11 is 0. The molecule has 0 amide bonds. The molecule has 2 nitrogen and oxygen atoms in total. The quantitative estimate of drug-likeness (QED) is 0.333. The summed E-state index contributed by atoms with van der Waals surface area (Å²) in [6, 6.07) is 32.1. The molecule has 0 fully saturated rings. The summed E-state index contributed by atoms with van der Waals surface area (Å²) < 4.78 is 2.30. The van der Waals surface area contributed by atoms with Crippen molar-refractivity contribution in [2.24, 2.45) is 0 Å². The Hall–Kier alpha value is -3.65. The summed E-state index contributed by atoms with van der Waals surface area (Å²) in [5, 5.41) is 7.35. The number of pyridine rings is 1. The standard InChI is InChI=1S/C25H16N2/c1-3-11-19-17(8-1)10-7-15-22(19)27-23-14-6-5-13-21(23)24-20-12-4-2-9-18(20)16-26-25(24)27/h1-16H. The predicted octanol–water partition coefficient (Wildman–Crippen LogP) is 6.49. The Balaban J connectivity index is 1.88. The molecule has 0 bridgehead atoms. The number of nitrogens with zero attached hydrogens (tertiary/aromatic N) is 2. The molecule has 0 unspecified atom stereocenters. The Morgan fingerprint density at radius 1 is 0.556 bits per heavy atom. The van der Waals surface area contributed by atoms with Crippen molar-refractivity contribution in [1.82, 2.24) is 9.55 Å². The van der Waals surface area contributed by atoms with Gasteiger partial charge >= 0.3 is 0 Å². The molecule has 4 aromatic carbocycles. The predicted molar refractivity (Wildman–Crippen MR) is 114 cm³/mol. The zero-order valence-electron chi connectivity index (χ0n) is 14.6. The van der Waals surface area contributed by atoms with Crippen LogP contribution in [0.2, 0.25) is 0 Å². The van der Waals surface area contributed by atoms with E-state index in [2.05, 4.69) is 95.6 Å². The number of hydrogen-bond acceptors (Lipinski definition) is 1. The van der Waals surface area contributed by atoms with Gasteiger partial charge in [0.2, 0.25) is 0 Å². The van der Waals surface area contributed by atoms with Crippen LogP contribution >= 0.6 is 0 Å². The first kappa shape index (κ1) is 14.5. The third-order valence-corrected chi connectivity index (χ3v) is 5.41. The lowest BCUT2D eigenvalue weighted by atomic mass is 10.1. The van der Waals surface area contributed by atoms with E-state index >= 15 is 0 Å². The van der Waals surface area contributed by atoms with E-state index in [0.29, 0.717) is 0 Å². The highest BCUT2D eigenvalue weighted by Gasteiger charge is 2.16. The lowest BCUT2D eigenvalue weighted by molar-refractivity contribution is 1.15. The fraction of sp³-hybridized carbons (Fsp3) is 0. The van der Waals surface area contributed by atoms with Crippen molar-refractivity contribution >= 4 is 43.5 Å². The largest absolute Gasteiger partial charge is 0.293 e. The van der Waals surface area contributed by atoms with Crippen molar-refractivity contribution in [1.29, 1.82) is 0 Å². The Morgan fingerprint density at radius 2 is 1.22 bits per heavy atom. The lowest BCUT2D eigenvalue weighted by Crippen LogP contribution is -1.96. The van der Waals surface area contributed by atoms with Crippen molar-refractivity contribution in [2.45, 2.75) is 0 Å². The van der Waals surface area contributed by atoms with E-state index in [4.69, 9.17) is 4.98 Å². The minimum atomic E-state index is 1.01. The maximum Gasteiger partial charge on any atom is 0.146 e. The monoisotopic (exact) mass is 344 g/mol. The van der Waals surface area contributed by atoms with Crippen LogP contribution in [0.4, 0.5) is 0 Å². The van der Waals surface area contributed by atoms with E-state index in [1.165, 1.54) is 43.5 Å². The first-order valence-corrected chi connectivity index (χ1v) is 9.17. The summed E-state index contributed by atoms with van der Waals surface area (Å²) in [7, 11) is 0. The molecule has 0 N–H and O–H groups in total. The summed E-state index contributed by atoms with van der Waals surface area (Å²) in [6.07, 6.45) is 1.98. The van der Waals surface area contributed by atoms with E-state index in [-0.39, 0.29) is 0 Å². The van der Waals surface area contributed by atoms with Gasteiger partial charge in [-0.1, -0.05) is 78.9 Å². The first-order chi connectivity index (χ1) is 13.4. The Labute approximate surface area is 156 Å². The summed E-state index contributed by atoms with van der Waals surface area (Å²) in [5.41, 5.74) is 3.36. The fourth-order valence-electron chi connectivity index (χ4n) is 4.23. The summed E-state index contributed by atoms with van der Waals surface area (Å²) in [4.78, 5) is 4.89. The molecule has 2 heteroatoms. The molecule has 0 saturated carbocycles. The molecule has 0 atom stereocenters. The van der Waals surface area contributed by atoms with Crippen molar-refractivity contribution in [2.75, 3.05) is 0 Å². The first-order valence-electron chi connectivity index (χ1n) is 9.17. The van der Waals surface area contributed by atoms with Crippen LogP contribution in [0.15, 0.2) is 97.2 Å². The molecule has 126 valence electrons. The van der Waals surface area contributed by atoms with Gasteiger partial charge < -0.3 is 0 Å². The van der Waals surface area contributed by atoms with Crippen LogP contribution in [-0.2, 0) is 0 Å². The minimum absolute atomic E-state index is 1.01. The molecule has 6 aromatic rings. The second-order valence-corrected chi connectivity index (χ2v) is 6.89. The van der Waals surface area contributed by atoms with Crippen LogP contribution < -0.4 is 0 Å². The van der Waals surface area contributed by atoms with Crippen LogP contribution in [0.25, 0.3) is 49.2 Å². The van der Waals surface area contributed by atoms with Crippen molar-refractivity contribution < 1.29 is 0 Å². The van der Waals surface area contributed by atoms with Gasteiger partial charge in [-0.05, 0) is 22.9 Å².